The molecule has 1 heterocycles. The molecule has 0 saturated heterocycles. The molecule has 96 valence electrons. The molecule has 17 heavy (non-hydrogen) atoms. The molecule has 0 bridgehead atoms. The molecule has 0 amide bonds. The van der Waals surface area contributed by atoms with Crippen molar-refractivity contribution in [1.29, 1.82) is 0 Å². The maximum Gasteiger partial charge on any atom is 0.329 e. The molecule has 6 nitrogen and oxygen atoms in total. The van der Waals surface area contributed by atoms with Gasteiger partial charge in [0.2, 0.25) is 0 Å². The number of rotatable bonds is 5. The second-order valence-corrected chi connectivity index (χ2v) is 4.69. The molecule has 0 saturated carbocycles. The first-order chi connectivity index (χ1) is 8.01. The fraction of sp³-hybridized carbons (Fsp3) is 0.600. The molecule has 1 aromatic rings. The van der Waals surface area contributed by atoms with E-state index in [4.69, 9.17) is 5.73 Å². The van der Waals surface area contributed by atoms with Crippen LogP contribution in [0.5, 0.6) is 0 Å². The summed E-state index contributed by atoms with van der Waals surface area (Å²) in [5.74, 6) is 1.04. The summed E-state index contributed by atoms with van der Waals surface area (Å²) in [4.78, 5) is 25.2. The number of H-pyrrole nitrogens is 1. The topological polar surface area (TPSA) is 92.9 Å². The molecule has 0 aromatic carbocycles. The molecule has 0 fully saturated rings. The standard InChI is InChI=1S/C10H18N4O2S/c1-4-6(5-17-3)12-7-8(11)14(2)10(16)13-9(7)15/h6,12H,4-5,11H2,1-3H3,(H,13,15,16). The molecule has 0 spiro atoms. The molecule has 1 rings (SSSR count). The van der Waals surface area contributed by atoms with E-state index in [0.717, 1.165) is 12.2 Å². The lowest BCUT2D eigenvalue weighted by Gasteiger charge is -2.18. The summed E-state index contributed by atoms with van der Waals surface area (Å²) in [6.45, 7) is 2.03. The Labute approximate surface area is 104 Å². The van der Waals surface area contributed by atoms with E-state index < -0.39 is 11.2 Å². The number of nitrogen functional groups attached to an aromatic ring is 1. The van der Waals surface area contributed by atoms with Gasteiger partial charge < -0.3 is 11.1 Å². The van der Waals surface area contributed by atoms with Crippen molar-refractivity contribution >= 4 is 23.3 Å². The van der Waals surface area contributed by atoms with E-state index in [2.05, 4.69) is 10.3 Å². The Balaban J connectivity index is 3.10. The van der Waals surface area contributed by atoms with Crippen LogP contribution in [0.15, 0.2) is 9.59 Å². The van der Waals surface area contributed by atoms with E-state index in [1.54, 1.807) is 11.8 Å². The third kappa shape index (κ3) is 3.06. The molecule has 4 N–H and O–H groups in total. The minimum absolute atomic E-state index is 0.158. The summed E-state index contributed by atoms with van der Waals surface area (Å²) in [6.07, 6.45) is 2.88. The van der Waals surface area contributed by atoms with Crippen LogP contribution in [-0.4, -0.2) is 27.6 Å². The van der Waals surface area contributed by atoms with E-state index in [0.29, 0.717) is 0 Å². The number of aromatic nitrogens is 2. The quantitative estimate of drug-likeness (QED) is 0.702. The first-order valence-electron chi connectivity index (χ1n) is 5.35. The zero-order chi connectivity index (χ0) is 13.0. The lowest BCUT2D eigenvalue weighted by molar-refractivity contribution is 0.759. The number of nitrogens with one attached hydrogen (secondary N) is 2. The Morgan fingerprint density at radius 2 is 2.18 bits per heavy atom. The van der Waals surface area contributed by atoms with Gasteiger partial charge in [-0.2, -0.15) is 11.8 Å². The first kappa shape index (κ1) is 13.7. The van der Waals surface area contributed by atoms with Gasteiger partial charge in [0.05, 0.1) is 0 Å². The summed E-state index contributed by atoms with van der Waals surface area (Å²) in [5.41, 5.74) is 5.06. The molecule has 1 unspecified atom stereocenters. The predicted octanol–water partition coefficient (Wildman–Crippen LogP) is 0.209. The highest BCUT2D eigenvalue weighted by Crippen LogP contribution is 2.13. The van der Waals surface area contributed by atoms with Crippen LogP contribution >= 0.6 is 11.8 Å². The number of thioether (sulfide) groups is 1. The Morgan fingerprint density at radius 3 is 2.71 bits per heavy atom. The minimum atomic E-state index is -0.504. The molecule has 0 aliphatic heterocycles. The Morgan fingerprint density at radius 1 is 1.53 bits per heavy atom. The van der Waals surface area contributed by atoms with Gasteiger partial charge in [0.25, 0.3) is 5.56 Å². The van der Waals surface area contributed by atoms with Crippen molar-refractivity contribution in [3.05, 3.63) is 20.8 Å². The van der Waals surface area contributed by atoms with Gasteiger partial charge in [-0.3, -0.25) is 14.3 Å². The van der Waals surface area contributed by atoms with Gasteiger partial charge in [0.15, 0.2) is 0 Å². The summed E-state index contributed by atoms with van der Waals surface area (Å²) in [6, 6.07) is 0.158. The van der Waals surface area contributed by atoms with Gasteiger partial charge in [-0.25, -0.2) is 4.79 Å². The van der Waals surface area contributed by atoms with E-state index in [9.17, 15) is 9.59 Å². The molecule has 7 heteroatoms. The van der Waals surface area contributed by atoms with Crippen LogP contribution in [0, 0.1) is 0 Å². The second-order valence-electron chi connectivity index (χ2n) is 3.78. The summed E-state index contributed by atoms with van der Waals surface area (Å²) in [5, 5.41) is 3.08. The van der Waals surface area contributed by atoms with Crippen molar-refractivity contribution in [2.45, 2.75) is 19.4 Å². The fourth-order valence-corrected chi connectivity index (χ4v) is 2.16. The third-order valence-electron chi connectivity index (χ3n) is 2.58. The van der Waals surface area contributed by atoms with Crippen LogP contribution < -0.4 is 22.3 Å². The minimum Gasteiger partial charge on any atom is -0.383 e. The van der Waals surface area contributed by atoms with E-state index in [1.807, 2.05) is 13.2 Å². The SMILES string of the molecule is CCC(CSC)Nc1c(N)n(C)c(=O)[nH]c1=O. The normalized spacial score (nSPS) is 12.4. The molecular formula is C10H18N4O2S. The highest BCUT2D eigenvalue weighted by atomic mass is 32.2. The fourth-order valence-electron chi connectivity index (χ4n) is 1.44. The first-order valence-corrected chi connectivity index (χ1v) is 6.74. The number of nitrogens with two attached hydrogens (primary N) is 1. The highest BCUT2D eigenvalue weighted by Gasteiger charge is 2.13. The van der Waals surface area contributed by atoms with Crippen LogP contribution in [0.2, 0.25) is 0 Å². The lowest BCUT2D eigenvalue weighted by atomic mass is 10.2. The van der Waals surface area contributed by atoms with Gasteiger partial charge in [0.1, 0.15) is 11.5 Å². The zero-order valence-corrected chi connectivity index (χ0v) is 11.1. The molecular weight excluding hydrogens is 240 g/mol. The second kappa shape index (κ2) is 5.81. The number of aromatic amines is 1. The number of anilines is 2. The van der Waals surface area contributed by atoms with Crippen molar-refractivity contribution in [3.63, 3.8) is 0 Å². The van der Waals surface area contributed by atoms with Crippen LogP contribution in [-0.2, 0) is 7.05 Å². The van der Waals surface area contributed by atoms with Gasteiger partial charge >= 0.3 is 5.69 Å². The molecule has 0 aliphatic rings. The molecule has 0 radical (unpaired) electrons. The summed E-state index contributed by atoms with van der Waals surface area (Å²) >= 11 is 1.69. The van der Waals surface area contributed by atoms with Crippen LogP contribution in [0.25, 0.3) is 0 Å². The van der Waals surface area contributed by atoms with Crippen LogP contribution in [0.4, 0.5) is 11.5 Å². The van der Waals surface area contributed by atoms with Crippen LogP contribution in [0.1, 0.15) is 13.3 Å². The number of hydrogen-bond acceptors (Lipinski definition) is 5. The third-order valence-corrected chi connectivity index (χ3v) is 3.31. The Bertz CT molecular complexity index is 494. The molecule has 1 aromatic heterocycles. The lowest BCUT2D eigenvalue weighted by Crippen LogP contribution is -2.35. The van der Waals surface area contributed by atoms with Crippen molar-refractivity contribution in [3.8, 4) is 0 Å². The summed E-state index contributed by atoms with van der Waals surface area (Å²) in [7, 11) is 1.52. The largest absolute Gasteiger partial charge is 0.383 e. The van der Waals surface area contributed by atoms with Gasteiger partial charge in [0, 0.05) is 18.8 Å². The number of hydrogen-bond donors (Lipinski definition) is 3. The predicted molar refractivity (Wildman–Crippen MR) is 72.8 cm³/mol. The Hall–Kier alpha value is -1.37. The maximum atomic E-state index is 11.7. The van der Waals surface area contributed by atoms with E-state index in [-0.39, 0.29) is 17.5 Å². The van der Waals surface area contributed by atoms with Crippen molar-refractivity contribution in [2.24, 2.45) is 7.05 Å². The van der Waals surface area contributed by atoms with E-state index >= 15 is 0 Å². The van der Waals surface area contributed by atoms with Crippen molar-refractivity contribution in [2.75, 3.05) is 23.1 Å². The summed E-state index contributed by atoms with van der Waals surface area (Å²) < 4.78 is 1.22. The van der Waals surface area contributed by atoms with E-state index in [1.165, 1.54) is 11.6 Å². The van der Waals surface area contributed by atoms with Gasteiger partial charge in [-0.1, -0.05) is 6.92 Å². The van der Waals surface area contributed by atoms with Crippen molar-refractivity contribution < 1.29 is 0 Å². The van der Waals surface area contributed by atoms with Crippen molar-refractivity contribution in [1.82, 2.24) is 9.55 Å². The van der Waals surface area contributed by atoms with Gasteiger partial charge in [-0.05, 0) is 12.7 Å². The maximum absolute atomic E-state index is 11.7. The smallest absolute Gasteiger partial charge is 0.329 e. The molecule has 0 aliphatic carbocycles. The van der Waals surface area contributed by atoms with Crippen LogP contribution in [0.3, 0.4) is 0 Å². The highest BCUT2D eigenvalue weighted by molar-refractivity contribution is 7.98. The molecule has 1 atom stereocenters. The number of nitrogens with zero attached hydrogens (tertiary/aromatic N) is 1. The Kier molecular flexibility index (Phi) is 4.68. The average molecular weight is 258 g/mol. The average Bonchev–Trinajstić information content (AvgIpc) is 2.30. The van der Waals surface area contributed by atoms with Gasteiger partial charge in [-0.15, -0.1) is 0 Å². The zero-order valence-electron chi connectivity index (χ0n) is 10.2. The monoisotopic (exact) mass is 258 g/mol.